The summed E-state index contributed by atoms with van der Waals surface area (Å²) in [5.74, 6) is 2.80. The van der Waals surface area contributed by atoms with E-state index in [9.17, 15) is 4.79 Å². The molecule has 168 valence electrons. The van der Waals surface area contributed by atoms with E-state index in [2.05, 4.69) is 20.8 Å². The van der Waals surface area contributed by atoms with Gasteiger partial charge in [0.1, 0.15) is 6.61 Å². The normalized spacial score (nSPS) is 20.5. The van der Waals surface area contributed by atoms with Gasteiger partial charge in [-0.1, -0.05) is 25.4 Å². The van der Waals surface area contributed by atoms with Crippen LogP contribution in [0, 0.1) is 18.3 Å². The Labute approximate surface area is 194 Å². The van der Waals surface area contributed by atoms with Gasteiger partial charge in [0, 0.05) is 17.8 Å². The van der Waals surface area contributed by atoms with Crippen LogP contribution in [0.25, 0.3) is 0 Å². The fourth-order valence-electron chi connectivity index (χ4n) is 5.12. The average Bonchev–Trinajstić information content (AvgIpc) is 3.03. The number of ketones is 1. The van der Waals surface area contributed by atoms with Crippen molar-refractivity contribution in [3.63, 3.8) is 0 Å². The van der Waals surface area contributed by atoms with Gasteiger partial charge in [0.05, 0.1) is 17.0 Å². The van der Waals surface area contributed by atoms with Crippen LogP contribution in [-0.2, 0) is 12.8 Å². The highest BCUT2D eigenvalue weighted by Crippen LogP contribution is 2.71. The topological polar surface area (TPSA) is 38.8 Å². The predicted octanol–water partition coefficient (Wildman–Crippen LogP) is 5.77. The first kappa shape index (κ1) is 22.6. The van der Waals surface area contributed by atoms with Gasteiger partial charge in [-0.2, -0.15) is 0 Å². The standard InChI is InChI=1S/C25H32ClNO3S/c1-14-21-16(13-17-22(21)25(17,2)3)24(31-14)19(28)8-7-15-11-18(26)23(20(12-15)29-6)30-10-9-27(4)5/h11-12,17,22H,7-10,13H2,1-6H3/t17-,22-/m1/s1. The van der Waals surface area contributed by atoms with E-state index in [0.717, 1.165) is 29.3 Å². The molecular weight excluding hydrogens is 430 g/mol. The first-order valence-electron chi connectivity index (χ1n) is 10.9. The van der Waals surface area contributed by atoms with Crippen molar-refractivity contribution >= 4 is 28.7 Å². The Bertz CT molecular complexity index is 1010. The molecule has 2 aliphatic rings. The number of carbonyl (C=O) groups is 1. The zero-order valence-corrected chi connectivity index (χ0v) is 20.9. The maximum absolute atomic E-state index is 13.1. The van der Waals surface area contributed by atoms with Crippen molar-refractivity contribution < 1.29 is 14.3 Å². The third-order valence-corrected chi connectivity index (χ3v) is 8.47. The number of halogens is 1. The lowest BCUT2D eigenvalue weighted by Gasteiger charge is -2.16. The SMILES string of the molecule is COc1cc(CCC(=O)c2sc(C)c3c2C[C@@H]2[C@H]3C2(C)C)cc(Cl)c1OCCN(C)C. The maximum Gasteiger partial charge on any atom is 0.179 e. The number of hydrogen-bond donors (Lipinski definition) is 0. The second-order valence-electron chi connectivity index (χ2n) is 9.67. The van der Waals surface area contributed by atoms with Crippen LogP contribution in [0.4, 0.5) is 0 Å². The van der Waals surface area contributed by atoms with Crippen LogP contribution in [0.15, 0.2) is 12.1 Å². The van der Waals surface area contributed by atoms with Crippen LogP contribution >= 0.6 is 22.9 Å². The highest BCUT2D eigenvalue weighted by molar-refractivity contribution is 7.14. The zero-order chi connectivity index (χ0) is 22.5. The largest absolute Gasteiger partial charge is 0.493 e. The van der Waals surface area contributed by atoms with Gasteiger partial charge >= 0.3 is 0 Å². The molecule has 1 saturated carbocycles. The summed E-state index contributed by atoms with van der Waals surface area (Å²) in [7, 11) is 5.61. The molecule has 31 heavy (non-hydrogen) atoms. The number of carbonyl (C=O) groups excluding carboxylic acids is 1. The van der Waals surface area contributed by atoms with Crippen molar-refractivity contribution in [1.82, 2.24) is 4.90 Å². The van der Waals surface area contributed by atoms with Crippen molar-refractivity contribution in [2.75, 3.05) is 34.4 Å². The fraction of sp³-hybridized carbons (Fsp3) is 0.560. The van der Waals surface area contributed by atoms with Gasteiger partial charge in [0.15, 0.2) is 17.3 Å². The number of rotatable bonds is 9. The molecule has 4 nitrogen and oxygen atoms in total. The van der Waals surface area contributed by atoms with Crippen molar-refractivity contribution in [2.45, 2.75) is 46.0 Å². The molecule has 0 spiro atoms. The summed E-state index contributed by atoms with van der Waals surface area (Å²) in [6.07, 6.45) is 2.18. The fourth-order valence-corrected chi connectivity index (χ4v) is 6.60. The molecule has 0 aliphatic heterocycles. The Morgan fingerprint density at radius 1 is 1.32 bits per heavy atom. The van der Waals surface area contributed by atoms with Gasteiger partial charge in [0.25, 0.3) is 0 Å². The average molecular weight is 462 g/mol. The van der Waals surface area contributed by atoms with Crippen molar-refractivity contribution in [2.24, 2.45) is 11.3 Å². The van der Waals surface area contributed by atoms with Crippen LogP contribution in [0.2, 0.25) is 5.02 Å². The smallest absolute Gasteiger partial charge is 0.179 e. The number of aryl methyl sites for hydroxylation is 2. The third kappa shape index (κ3) is 4.12. The van der Waals surface area contributed by atoms with E-state index in [1.165, 1.54) is 16.0 Å². The molecule has 2 atom stereocenters. The van der Waals surface area contributed by atoms with Gasteiger partial charge < -0.3 is 14.4 Å². The third-order valence-electron chi connectivity index (χ3n) is 6.99. The van der Waals surface area contributed by atoms with Crippen LogP contribution < -0.4 is 9.47 Å². The first-order valence-corrected chi connectivity index (χ1v) is 12.1. The van der Waals surface area contributed by atoms with E-state index < -0.39 is 0 Å². The number of likely N-dealkylation sites (N-methyl/N-ethyl adjacent to an activating group) is 1. The second kappa shape index (κ2) is 8.42. The highest BCUT2D eigenvalue weighted by atomic mass is 35.5. The Morgan fingerprint density at radius 2 is 2.06 bits per heavy atom. The van der Waals surface area contributed by atoms with Crippen LogP contribution in [0.1, 0.15) is 57.4 Å². The Hall–Kier alpha value is -1.56. The second-order valence-corrected chi connectivity index (χ2v) is 11.3. The molecule has 0 amide bonds. The van der Waals surface area contributed by atoms with Crippen molar-refractivity contribution in [1.29, 1.82) is 0 Å². The monoisotopic (exact) mass is 461 g/mol. The maximum atomic E-state index is 13.1. The van der Waals surface area contributed by atoms with E-state index in [-0.39, 0.29) is 5.78 Å². The molecule has 1 heterocycles. The number of Topliss-reactive ketones (excluding diaryl/α,β-unsaturated/α-hetero) is 1. The van der Waals surface area contributed by atoms with E-state index in [1.54, 1.807) is 18.4 Å². The number of fused-ring (bicyclic) bond motifs is 3. The lowest BCUT2D eigenvalue weighted by Crippen LogP contribution is -2.19. The first-order chi connectivity index (χ1) is 14.6. The van der Waals surface area contributed by atoms with E-state index in [4.69, 9.17) is 21.1 Å². The molecule has 1 fully saturated rings. The van der Waals surface area contributed by atoms with E-state index in [0.29, 0.717) is 47.3 Å². The van der Waals surface area contributed by atoms with Crippen LogP contribution in [0.5, 0.6) is 11.5 Å². The number of ether oxygens (including phenoxy) is 2. The Kier molecular flexibility index (Phi) is 6.14. The highest BCUT2D eigenvalue weighted by Gasteiger charge is 2.63. The summed E-state index contributed by atoms with van der Waals surface area (Å²) in [5.41, 5.74) is 4.21. The molecule has 0 bridgehead atoms. The predicted molar refractivity (Wildman–Crippen MR) is 127 cm³/mol. The van der Waals surface area contributed by atoms with E-state index in [1.807, 2.05) is 31.1 Å². The molecule has 6 heteroatoms. The number of nitrogens with zero attached hydrogens (tertiary/aromatic N) is 1. The molecule has 0 unspecified atom stereocenters. The summed E-state index contributed by atoms with van der Waals surface area (Å²) in [6.45, 7) is 8.21. The molecule has 2 aliphatic carbocycles. The van der Waals surface area contributed by atoms with Gasteiger partial charge in [-0.25, -0.2) is 0 Å². The molecular formula is C25H32ClNO3S. The van der Waals surface area contributed by atoms with Crippen LogP contribution in [0.3, 0.4) is 0 Å². The quantitative estimate of drug-likeness (QED) is 0.444. The summed E-state index contributed by atoms with van der Waals surface area (Å²) in [4.78, 5) is 17.5. The zero-order valence-electron chi connectivity index (χ0n) is 19.3. The number of thiophene rings is 1. The number of methoxy groups -OCH3 is 1. The molecule has 0 N–H and O–H groups in total. The van der Waals surface area contributed by atoms with Crippen molar-refractivity contribution in [3.8, 4) is 11.5 Å². The minimum Gasteiger partial charge on any atom is -0.493 e. The van der Waals surface area contributed by atoms with Gasteiger partial charge in [-0.3, -0.25) is 4.79 Å². The Balaban J connectivity index is 1.44. The number of benzene rings is 1. The summed E-state index contributed by atoms with van der Waals surface area (Å²) in [6, 6.07) is 3.83. The molecule has 1 aromatic carbocycles. The molecule has 4 rings (SSSR count). The minimum atomic E-state index is 0.245. The molecule has 0 saturated heterocycles. The van der Waals surface area contributed by atoms with E-state index >= 15 is 0 Å². The molecule has 0 radical (unpaired) electrons. The minimum absolute atomic E-state index is 0.245. The molecule has 2 aromatic rings. The summed E-state index contributed by atoms with van der Waals surface area (Å²) in [5, 5.41) is 0.524. The number of hydrogen-bond acceptors (Lipinski definition) is 5. The summed E-state index contributed by atoms with van der Waals surface area (Å²) >= 11 is 8.18. The van der Waals surface area contributed by atoms with Gasteiger partial charge in [-0.05, 0) is 79.9 Å². The van der Waals surface area contributed by atoms with Crippen molar-refractivity contribution in [3.05, 3.63) is 43.6 Å². The lowest BCUT2D eigenvalue weighted by atomic mass is 9.94. The van der Waals surface area contributed by atoms with Crippen LogP contribution in [-0.4, -0.2) is 45.0 Å². The lowest BCUT2D eigenvalue weighted by molar-refractivity contribution is 0.0985. The molecule has 1 aromatic heterocycles. The summed E-state index contributed by atoms with van der Waals surface area (Å²) < 4.78 is 11.3. The van der Waals surface area contributed by atoms with Gasteiger partial charge in [0.2, 0.25) is 0 Å². The van der Waals surface area contributed by atoms with Gasteiger partial charge in [-0.15, -0.1) is 11.3 Å². The Morgan fingerprint density at radius 3 is 2.74 bits per heavy atom.